The van der Waals surface area contributed by atoms with E-state index in [-0.39, 0.29) is 22.9 Å². The van der Waals surface area contributed by atoms with E-state index in [4.69, 9.17) is 32.2 Å². The zero-order valence-electron chi connectivity index (χ0n) is 21.6. The Morgan fingerprint density at radius 1 is 0.571 bits per heavy atom. The average Bonchev–Trinajstić information content (AvgIpc) is 3.51. The van der Waals surface area contributed by atoms with Crippen molar-refractivity contribution in [1.82, 2.24) is 19.6 Å². The lowest BCUT2D eigenvalue weighted by atomic mass is 10.1. The average molecular weight is 619 g/mol. The first-order valence-electron chi connectivity index (χ1n) is 12.6. The van der Waals surface area contributed by atoms with E-state index in [1.54, 1.807) is 97.1 Å². The van der Waals surface area contributed by atoms with E-state index in [1.807, 2.05) is 12.1 Å². The molecular formula is C30H21Cl2N4O5P. The van der Waals surface area contributed by atoms with Crippen molar-refractivity contribution in [1.29, 1.82) is 0 Å². The highest BCUT2D eigenvalue weighted by molar-refractivity contribution is 7.34. The Kier molecular flexibility index (Phi) is 7.63. The molecule has 2 aromatic heterocycles. The van der Waals surface area contributed by atoms with E-state index in [0.717, 1.165) is 0 Å². The minimum atomic E-state index is -3.47. The number of aromatic nitrogens is 4. The molecule has 42 heavy (non-hydrogen) atoms. The van der Waals surface area contributed by atoms with Gasteiger partial charge in [0.2, 0.25) is 11.5 Å². The summed E-state index contributed by atoms with van der Waals surface area (Å²) in [6, 6.07) is 31.2. The Morgan fingerprint density at radius 3 is 1.29 bits per heavy atom. The highest BCUT2D eigenvalue weighted by Gasteiger charge is 2.27. The molecule has 0 atom stereocenters. The number of rotatable bonds is 8. The van der Waals surface area contributed by atoms with E-state index < -0.39 is 20.0 Å². The maximum Gasteiger partial charge on any atom is 0.419 e. The van der Waals surface area contributed by atoms with Crippen LogP contribution in [0.3, 0.4) is 0 Å². The second-order valence-corrected chi connectivity index (χ2v) is 10.7. The molecule has 4 aromatic carbocycles. The molecule has 0 aliphatic carbocycles. The fourth-order valence-corrected chi connectivity index (χ4v) is 5.26. The molecule has 0 unspecified atom stereocenters. The summed E-state index contributed by atoms with van der Waals surface area (Å²) in [7, 11) is -3.47. The number of aromatic hydroxyl groups is 2. The summed E-state index contributed by atoms with van der Waals surface area (Å²) < 4.78 is 27.4. The second-order valence-electron chi connectivity index (χ2n) is 8.97. The van der Waals surface area contributed by atoms with Gasteiger partial charge in [0.15, 0.2) is 0 Å². The summed E-state index contributed by atoms with van der Waals surface area (Å²) >= 11 is 12.1. The van der Waals surface area contributed by atoms with Gasteiger partial charge in [-0.05, 0) is 48.5 Å². The molecule has 210 valence electrons. The molecule has 12 heteroatoms. The van der Waals surface area contributed by atoms with Crippen LogP contribution in [0.1, 0.15) is 0 Å². The molecule has 2 N–H and O–H groups in total. The minimum absolute atomic E-state index is 0.161. The first kappa shape index (κ1) is 27.5. The van der Waals surface area contributed by atoms with Gasteiger partial charge in [-0.1, -0.05) is 83.9 Å². The van der Waals surface area contributed by atoms with Crippen LogP contribution in [0.25, 0.3) is 33.9 Å². The summed E-state index contributed by atoms with van der Waals surface area (Å²) in [5.74, 6) is -1.12. The molecule has 6 rings (SSSR count). The molecule has 0 saturated carbocycles. The predicted octanol–water partition coefficient (Wildman–Crippen LogP) is 7.96. The van der Waals surface area contributed by atoms with Crippen LogP contribution < -0.4 is 9.05 Å². The lowest BCUT2D eigenvalue weighted by Crippen LogP contribution is -1.95. The van der Waals surface area contributed by atoms with Crippen LogP contribution in [0.15, 0.2) is 109 Å². The Bertz CT molecular complexity index is 1740. The Balaban J connectivity index is 1.39. The van der Waals surface area contributed by atoms with E-state index >= 15 is 0 Å². The third-order valence-corrected chi connectivity index (χ3v) is 7.49. The highest BCUT2D eigenvalue weighted by Crippen LogP contribution is 2.47. The first-order valence-corrected chi connectivity index (χ1v) is 14.5. The molecule has 9 nitrogen and oxygen atoms in total. The topological polar surface area (TPSA) is 112 Å². The largest absolute Gasteiger partial charge is 0.491 e. The molecule has 0 aliphatic rings. The molecule has 0 saturated heterocycles. The quantitative estimate of drug-likeness (QED) is 0.166. The Labute approximate surface area is 250 Å². The Hall–Kier alpha value is -4.69. The monoisotopic (exact) mass is 618 g/mol. The van der Waals surface area contributed by atoms with E-state index in [0.29, 0.717) is 32.5 Å². The van der Waals surface area contributed by atoms with Gasteiger partial charge in [-0.3, -0.25) is 0 Å². The van der Waals surface area contributed by atoms with Gasteiger partial charge in [-0.15, -0.1) is 0 Å². The van der Waals surface area contributed by atoms with Gasteiger partial charge in [0, 0.05) is 21.2 Å². The van der Waals surface area contributed by atoms with Crippen LogP contribution in [0.5, 0.6) is 23.3 Å². The van der Waals surface area contributed by atoms with Crippen molar-refractivity contribution in [3.63, 3.8) is 0 Å². The summed E-state index contributed by atoms with van der Waals surface area (Å²) in [6.45, 7) is 0. The molecule has 0 aliphatic heterocycles. The van der Waals surface area contributed by atoms with Gasteiger partial charge in [0.25, 0.3) is 11.8 Å². The normalized spacial score (nSPS) is 11.1. The van der Waals surface area contributed by atoms with Gasteiger partial charge in [-0.25, -0.2) is 4.57 Å². The molecule has 0 spiro atoms. The fourth-order valence-electron chi connectivity index (χ4n) is 4.26. The van der Waals surface area contributed by atoms with E-state index in [9.17, 15) is 14.8 Å². The molecule has 0 amide bonds. The molecule has 0 fully saturated rings. The van der Waals surface area contributed by atoms with E-state index in [1.165, 1.54) is 9.36 Å². The van der Waals surface area contributed by atoms with Crippen LogP contribution >= 0.6 is 31.5 Å². The summed E-state index contributed by atoms with van der Waals surface area (Å²) in [4.78, 5) is 0. The number of nitrogens with zero attached hydrogens (tertiary/aromatic N) is 4. The van der Waals surface area contributed by atoms with Crippen LogP contribution in [0.4, 0.5) is 0 Å². The predicted molar refractivity (Wildman–Crippen MR) is 162 cm³/mol. The molecule has 0 radical (unpaired) electrons. The van der Waals surface area contributed by atoms with Crippen molar-refractivity contribution in [3.05, 3.63) is 119 Å². The number of hydrogen-bond donors (Lipinski definition) is 2. The fraction of sp³-hybridized carbons (Fsp3) is 0. The van der Waals surface area contributed by atoms with Gasteiger partial charge < -0.3 is 19.3 Å². The van der Waals surface area contributed by atoms with Crippen molar-refractivity contribution >= 4 is 31.5 Å². The molecule has 2 heterocycles. The van der Waals surface area contributed by atoms with Crippen molar-refractivity contribution in [2.45, 2.75) is 0 Å². The van der Waals surface area contributed by atoms with Crippen LogP contribution in [0.2, 0.25) is 10.0 Å². The summed E-state index contributed by atoms with van der Waals surface area (Å²) in [5, 5.41) is 32.4. The molecule has 6 aromatic rings. The standard InChI is InChI=1S/C30H21Cl2N4O5P/c31-21-11-15-23(16-12-21)35-29(37)27(25(33-35)19-7-3-1-4-8-19)40-42(39)41-28-26(20-9-5-2-6-10-20)34-36(30(28)38)24-17-13-22(32)14-18-24/h1-18,37-38,42H. The second kappa shape index (κ2) is 11.7. The zero-order chi connectivity index (χ0) is 29.2. The van der Waals surface area contributed by atoms with Crippen LogP contribution in [0, 0.1) is 0 Å². The van der Waals surface area contributed by atoms with Crippen molar-refractivity contribution in [2.75, 3.05) is 0 Å². The van der Waals surface area contributed by atoms with Crippen molar-refractivity contribution < 1.29 is 23.8 Å². The smallest absolute Gasteiger partial charge is 0.419 e. The van der Waals surface area contributed by atoms with Crippen LogP contribution in [-0.4, -0.2) is 29.8 Å². The number of halogens is 2. The summed E-state index contributed by atoms with van der Waals surface area (Å²) in [5.41, 5.74) is 2.67. The number of benzene rings is 4. The third kappa shape index (κ3) is 5.45. The maximum atomic E-state index is 13.4. The maximum absolute atomic E-state index is 13.4. The number of hydrogen-bond acceptors (Lipinski definition) is 7. The van der Waals surface area contributed by atoms with Gasteiger partial charge in [0.05, 0.1) is 11.4 Å². The molecular weight excluding hydrogens is 598 g/mol. The summed E-state index contributed by atoms with van der Waals surface area (Å²) in [6.07, 6.45) is 0. The highest BCUT2D eigenvalue weighted by atomic mass is 35.5. The minimum Gasteiger partial charge on any atom is -0.491 e. The lowest BCUT2D eigenvalue weighted by Gasteiger charge is -2.09. The van der Waals surface area contributed by atoms with Crippen molar-refractivity contribution in [3.8, 4) is 57.1 Å². The van der Waals surface area contributed by atoms with Crippen LogP contribution in [-0.2, 0) is 4.57 Å². The molecule has 0 bridgehead atoms. The Morgan fingerprint density at radius 2 is 0.929 bits per heavy atom. The lowest BCUT2D eigenvalue weighted by molar-refractivity contribution is 0.369. The zero-order valence-corrected chi connectivity index (χ0v) is 24.1. The van der Waals surface area contributed by atoms with Gasteiger partial charge in [-0.2, -0.15) is 19.6 Å². The van der Waals surface area contributed by atoms with E-state index in [2.05, 4.69) is 10.2 Å². The van der Waals surface area contributed by atoms with Crippen molar-refractivity contribution in [2.24, 2.45) is 0 Å². The third-order valence-electron chi connectivity index (χ3n) is 6.25. The van der Waals surface area contributed by atoms with Gasteiger partial charge >= 0.3 is 8.25 Å². The SMILES string of the molecule is O=[PH](Oc1c(-c2ccccc2)nn(-c2ccc(Cl)cc2)c1O)Oc1c(-c2ccccc2)nn(-c2ccc(Cl)cc2)c1O. The first-order chi connectivity index (χ1) is 20.4. The van der Waals surface area contributed by atoms with Gasteiger partial charge in [0.1, 0.15) is 11.4 Å².